The molecule has 1 amide bonds. The Morgan fingerprint density at radius 3 is 2.46 bits per heavy atom. The number of carboxylic acid groups (broad SMARTS) is 1. The van der Waals surface area contributed by atoms with Crippen molar-refractivity contribution in [2.75, 3.05) is 12.3 Å². The molecule has 76 valence electrons. The fourth-order valence-electron chi connectivity index (χ4n) is 0.875. The highest BCUT2D eigenvalue weighted by atomic mass is 32.2. The number of hydrogen-bond donors (Lipinski definition) is 2. The molecule has 0 aliphatic rings. The van der Waals surface area contributed by atoms with E-state index in [2.05, 4.69) is 5.32 Å². The minimum Gasteiger partial charge on any atom is -0.481 e. The summed E-state index contributed by atoms with van der Waals surface area (Å²) in [4.78, 5) is 21.7. The van der Waals surface area contributed by atoms with Crippen molar-refractivity contribution in [3.05, 3.63) is 0 Å². The molecule has 5 heteroatoms. The molecule has 4 nitrogen and oxygen atoms in total. The summed E-state index contributed by atoms with van der Waals surface area (Å²) in [5.74, 6) is -0.372. The average molecular weight is 205 g/mol. The molecule has 2 N–H and O–H groups in total. The molecule has 0 saturated heterocycles. The molecule has 0 aromatic carbocycles. The van der Waals surface area contributed by atoms with Gasteiger partial charge in [-0.3, -0.25) is 9.59 Å². The van der Waals surface area contributed by atoms with E-state index < -0.39 is 11.2 Å². The number of amides is 1. The zero-order valence-corrected chi connectivity index (χ0v) is 8.69. The van der Waals surface area contributed by atoms with Gasteiger partial charge in [-0.2, -0.15) is 0 Å². The first-order valence-electron chi connectivity index (χ1n) is 4.22. The number of thioether (sulfide) groups is 1. The van der Waals surface area contributed by atoms with E-state index in [1.54, 1.807) is 0 Å². The van der Waals surface area contributed by atoms with Crippen molar-refractivity contribution in [3.63, 3.8) is 0 Å². The van der Waals surface area contributed by atoms with Gasteiger partial charge < -0.3 is 10.4 Å². The summed E-state index contributed by atoms with van der Waals surface area (Å²) in [5.41, 5.74) is 0. The fraction of sp³-hybridized carbons (Fsp3) is 0.750. The second-order valence-electron chi connectivity index (χ2n) is 2.44. The van der Waals surface area contributed by atoms with Crippen molar-refractivity contribution < 1.29 is 14.7 Å². The van der Waals surface area contributed by atoms with E-state index >= 15 is 0 Å². The highest BCUT2D eigenvalue weighted by Gasteiger charge is 2.20. The smallest absolute Gasteiger partial charge is 0.305 e. The minimum absolute atomic E-state index is 0.107. The summed E-state index contributed by atoms with van der Waals surface area (Å²) >= 11 is 1.36. The van der Waals surface area contributed by atoms with Crippen LogP contribution >= 0.6 is 11.8 Å². The molecule has 0 bridgehead atoms. The van der Waals surface area contributed by atoms with Gasteiger partial charge in [-0.05, 0) is 12.7 Å². The standard InChI is InChI=1S/C8H15NO3S/c1-3-9-8(12)6(13-4-2)5-7(10)11/h6H,3-5H2,1-2H3,(H,9,12)(H,10,11). The minimum atomic E-state index is -0.933. The van der Waals surface area contributed by atoms with Crippen LogP contribution in [0.2, 0.25) is 0 Å². The molecule has 1 atom stereocenters. The van der Waals surface area contributed by atoms with Crippen LogP contribution in [0.15, 0.2) is 0 Å². The molecular weight excluding hydrogens is 190 g/mol. The van der Waals surface area contributed by atoms with Gasteiger partial charge in [-0.25, -0.2) is 0 Å². The molecular formula is C8H15NO3S. The first-order chi connectivity index (χ1) is 6.11. The molecule has 0 heterocycles. The van der Waals surface area contributed by atoms with Gasteiger partial charge in [0.25, 0.3) is 0 Å². The molecule has 0 fully saturated rings. The van der Waals surface area contributed by atoms with Crippen LogP contribution in [0, 0.1) is 0 Å². The molecule has 0 spiro atoms. The van der Waals surface area contributed by atoms with Crippen LogP contribution < -0.4 is 5.32 Å². The zero-order chi connectivity index (χ0) is 10.3. The fourth-order valence-corrected chi connectivity index (χ4v) is 1.77. The Labute approximate surface area is 82.1 Å². The lowest BCUT2D eigenvalue weighted by Gasteiger charge is -2.12. The van der Waals surface area contributed by atoms with Crippen LogP contribution in [0.1, 0.15) is 20.3 Å². The maximum absolute atomic E-state index is 11.3. The normalized spacial score (nSPS) is 12.2. The van der Waals surface area contributed by atoms with Gasteiger partial charge in [-0.15, -0.1) is 11.8 Å². The SMILES string of the molecule is CCNC(=O)C(CC(=O)O)SCC. The zero-order valence-electron chi connectivity index (χ0n) is 7.87. The molecule has 0 aromatic heterocycles. The molecule has 0 rings (SSSR count). The molecule has 0 aromatic rings. The van der Waals surface area contributed by atoms with Gasteiger partial charge in [0.1, 0.15) is 0 Å². The largest absolute Gasteiger partial charge is 0.481 e. The predicted molar refractivity (Wildman–Crippen MR) is 52.9 cm³/mol. The monoisotopic (exact) mass is 205 g/mol. The lowest BCUT2D eigenvalue weighted by molar-refractivity contribution is -0.138. The summed E-state index contributed by atoms with van der Waals surface area (Å²) in [5, 5.41) is 10.7. The summed E-state index contributed by atoms with van der Waals surface area (Å²) in [7, 11) is 0. The van der Waals surface area contributed by atoms with E-state index in [0.717, 1.165) is 5.75 Å². The van der Waals surface area contributed by atoms with Crippen LogP contribution in [0.5, 0.6) is 0 Å². The Hall–Kier alpha value is -0.710. The van der Waals surface area contributed by atoms with Crippen molar-refractivity contribution in [2.24, 2.45) is 0 Å². The second kappa shape index (κ2) is 6.77. The number of nitrogens with one attached hydrogen (secondary N) is 1. The van der Waals surface area contributed by atoms with Crippen LogP contribution in [0.4, 0.5) is 0 Å². The number of carbonyl (C=O) groups excluding carboxylic acids is 1. The molecule has 0 aliphatic heterocycles. The third-order valence-corrected chi connectivity index (χ3v) is 2.49. The maximum atomic E-state index is 11.3. The molecule has 0 radical (unpaired) electrons. The lowest BCUT2D eigenvalue weighted by Crippen LogP contribution is -2.34. The molecule has 0 aliphatic carbocycles. The first kappa shape index (κ1) is 12.3. The number of carboxylic acids is 1. The second-order valence-corrected chi connectivity index (χ2v) is 3.92. The van der Waals surface area contributed by atoms with E-state index in [1.807, 2.05) is 13.8 Å². The van der Waals surface area contributed by atoms with E-state index in [0.29, 0.717) is 6.54 Å². The van der Waals surface area contributed by atoms with E-state index in [9.17, 15) is 9.59 Å². The van der Waals surface area contributed by atoms with Crippen LogP contribution in [-0.2, 0) is 9.59 Å². The van der Waals surface area contributed by atoms with Crippen molar-refractivity contribution >= 4 is 23.6 Å². The van der Waals surface area contributed by atoms with Gasteiger partial charge in [0.15, 0.2) is 0 Å². The molecule has 0 saturated carbocycles. The average Bonchev–Trinajstić information content (AvgIpc) is 2.03. The van der Waals surface area contributed by atoms with Gasteiger partial charge in [0.05, 0.1) is 11.7 Å². The van der Waals surface area contributed by atoms with Crippen LogP contribution in [0.3, 0.4) is 0 Å². The number of aliphatic carboxylic acids is 1. The Bertz CT molecular complexity index is 184. The van der Waals surface area contributed by atoms with E-state index in [-0.39, 0.29) is 12.3 Å². The van der Waals surface area contributed by atoms with Gasteiger partial charge in [0, 0.05) is 6.54 Å². The number of hydrogen-bond acceptors (Lipinski definition) is 3. The Morgan fingerprint density at radius 2 is 2.08 bits per heavy atom. The maximum Gasteiger partial charge on any atom is 0.305 e. The lowest BCUT2D eigenvalue weighted by atomic mass is 10.3. The third-order valence-electron chi connectivity index (χ3n) is 1.37. The Morgan fingerprint density at radius 1 is 1.46 bits per heavy atom. The highest BCUT2D eigenvalue weighted by Crippen LogP contribution is 2.14. The Balaban J connectivity index is 4.06. The summed E-state index contributed by atoms with van der Waals surface area (Å²) in [6.07, 6.45) is -0.107. The predicted octanol–water partition coefficient (Wildman–Crippen LogP) is 0.719. The number of carbonyl (C=O) groups is 2. The topological polar surface area (TPSA) is 66.4 Å². The number of rotatable bonds is 6. The van der Waals surface area contributed by atoms with Crippen molar-refractivity contribution in [3.8, 4) is 0 Å². The Kier molecular flexibility index (Phi) is 6.40. The third kappa shape index (κ3) is 5.52. The van der Waals surface area contributed by atoms with E-state index in [1.165, 1.54) is 11.8 Å². The highest BCUT2D eigenvalue weighted by molar-refractivity contribution is 8.00. The van der Waals surface area contributed by atoms with Crippen LogP contribution in [0.25, 0.3) is 0 Å². The van der Waals surface area contributed by atoms with Gasteiger partial charge in [-0.1, -0.05) is 6.92 Å². The first-order valence-corrected chi connectivity index (χ1v) is 5.27. The summed E-state index contributed by atoms with van der Waals surface area (Å²) in [6.45, 7) is 4.25. The van der Waals surface area contributed by atoms with Gasteiger partial charge in [0.2, 0.25) is 5.91 Å². The van der Waals surface area contributed by atoms with Crippen molar-refractivity contribution in [1.82, 2.24) is 5.32 Å². The van der Waals surface area contributed by atoms with Crippen molar-refractivity contribution in [2.45, 2.75) is 25.5 Å². The summed E-state index contributed by atoms with van der Waals surface area (Å²) in [6, 6.07) is 0. The quantitative estimate of drug-likeness (QED) is 0.670. The van der Waals surface area contributed by atoms with Crippen molar-refractivity contribution in [1.29, 1.82) is 0 Å². The summed E-state index contributed by atoms with van der Waals surface area (Å²) < 4.78 is 0. The molecule has 13 heavy (non-hydrogen) atoms. The van der Waals surface area contributed by atoms with Crippen LogP contribution in [-0.4, -0.2) is 34.5 Å². The van der Waals surface area contributed by atoms with Gasteiger partial charge >= 0.3 is 5.97 Å². The molecule has 1 unspecified atom stereocenters. The van der Waals surface area contributed by atoms with E-state index in [4.69, 9.17) is 5.11 Å².